The van der Waals surface area contributed by atoms with Crippen LogP contribution in [0.25, 0.3) is 0 Å². The Kier molecular flexibility index (Phi) is 4.62. The molecule has 0 atom stereocenters. The number of hydrogen-bond acceptors (Lipinski definition) is 5. The van der Waals surface area contributed by atoms with Crippen LogP contribution >= 0.6 is 0 Å². The second-order valence-corrected chi connectivity index (χ2v) is 4.08. The van der Waals surface area contributed by atoms with E-state index in [4.69, 9.17) is 5.26 Å². The van der Waals surface area contributed by atoms with E-state index in [1.54, 1.807) is 30.3 Å². The molecular weight excluding hydrogens is 266 g/mol. The zero-order valence-electron chi connectivity index (χ0n) is 11.2. The first-order valence-corrected chi connectivity index (χ1v) is 6.22. The molecule has 0 radical (unpaired) electrons. The molecule has 0 aliphatic heterocycles. The normalized spacial score (nSPS) is 9.48. The molecule has 104 valence electrons. The van der Waals surface area contributed by atoms with E-state index in [2.05, 4.69) is 27.2 Å². The van der Waals surface area contributed by atoms with E-state index < -0.39 is 0 Å². The Labute approximate surface area is 122 Å². The molecule has 0 spiro atoms. The third-order valence-electron chi connectivity index (χ3n) is 2.57. The molecule has 6 heteroatoms. The molecule has 6 nitrogen and oxygen atoms in total. The summed E-state index contributed by atoms with van der Waals surface area (Å²) in [6, 6.07) is 10.4. The van der Waals surface area contributed by atoms with Crippen molar-refractivity contribution in [2.45, 2.75) is 0 Å². The van der Waals surface area contributed by atoms with Gasteiger partial charge in [-0.1, -0.05) is 6.08 Å². The Morgan fingerprint density at radius 3 is 2.76 bits per heavy atom. The van der Waals surface area contributed by atoms with Crippen LogP contribution in [-0.2, 0) is 0 Å². The quantitative estimate of drug-likeness (QED) is 0.817. The van der Waals surface area contributed by atoms with Gasteiger partial charge in [0.1, 0.15) is 5.69 Å². The second-order valence-electron chi connectivity index (χ2n) is 4.08. The number of nitrogens with zero attached hydrogens (tertiary/aromatic N) is 3. The lowest BCUT2D eigenvalue weighted by atomic mass is 10.2. The molecule has 1 aromatic carbocycles. The summed E-state index contributed by atoms with van der Waals surface area (Å²) in [6.07, 6.45) is 3.09. The number of nitrogens with one attached hydrogen (secondary N) is 2. The van der Waals surface area contributed by atoms with Gasteiger partial charge in [0, 0.05) is 18.4 Å². The van der Waals surface area contributed by atoms with Gasteiger partial charge in [-0.05, 0) is 30.3 Å². The van der Waals surface area contributed by atoms with Gasteiger partial charge < -0.3 is 10.6 Å². The highest BCUT2D eigenvalue weighted by Crippen LogP contribution is 2.13. The van der Waals surface area contributed by atoms with Crippen LogP contribution in [-0.4, -0.2) is 22.4 Å². The molecule has 1 amide bonds. The van der Waals surface area contributed by atoms with Crippen molar-refractivity contribution in [3.05, 3.63) is 60.4 Å². The molecule has 2 aromatic rings. The highest BCUT2D eigenvalue weighted by molar-refractivity contribution is 5.92. The van der Waals surface area contributed by atoms with Crippen molar-refractivity contribution < 1.29 is 4.79 Å². The van der Waals surface area contributed by atoms with Crippen LogP contribution in [0, 0.1) is 11.3 Å². The van der Waals surface area contributed by atoms with Crippen molar-refractivity contribution in [2.75, 3.05) is 11.9 Å². The third kappa shape index (κ3) is 3.88. The van der Waals surface area contributed by atoms with Gasteiger partial charge in [0.15, 0.2) is 0 Å². The fourth-order valence-corrected chi connectivity index (χ4v) is 1.56. The summed E-state index contributed by atoms with van der Waals surface area (Å²) in [4.78, 5) is 20.0. The molecule has 0 bridgehead atoms. The summed E-state index contributed by atoms with van der Waals surface area (Å²) in [5.41, 5.74) is 1.57. The standard InChI is InChI=1S/C15H13N5O/c1-2-8-17-14(21)13-7-9-18-15(20-13)19-12-5-3-11(10-16)4-6-12/h2-7,9H,1,8H2,(H,17,21)(H,18,19,20). The van der Waals surface area contributed by atoms with Crippen molar-refractivity contribution in [1.29, 1.82) is 5.26 Å². The Morgan fingerprint density at radius 1 is 1.33 bits per heavy atom. The van der Waals surface area contributed by atoms with Crippen LogP contribution in [0.3, 0.4) is 0 Å². The lowest BCUT2D eigenvalue weighted by Crippen LogP contribution is -2.24. The van der Waals surface area contributed by atoms with Gasteiger partial charge in [-0.15, -0.1) is 6.58 Å². The lowest BCUT2D eigenvalue weighted by Gasteiger charge is -2.06. The zero-order valence-corrected chi connectivity index (χ0v) is 11.2. The molecule has 0 aliphatic rings. The van der Waals surface area contributed by atoms with Crippen LogP contribution < -0.4 is 10.6 Å². The van der Waals surface area contributed by atoms with Gasteiger partial charge in [-0.25, -0.2) is 9.97 Å². The van der Waals surface area contributed by atoms with E-state index >= 15 is 0 Å². The van der Waals surface area contributed by atoms with E-state index in [1.165, 1.54) is 12.3 Å². The number of carbonyl (C=O) groups excluding carboxylic acids is 1. The van der Waals surface area contributed by atoms with Crippen LogP contribution in [0.15, 0.2) is 49.2 Å². The number of amides is 1. The molecule has 2 N–H and O–H groups in total. The fourth-order valence-electron chi connectivity index (χ4n) is 1.56. The van der Waals surface area contributed by atoms with Crippen LogP contribution in [0.1, 0.15) is 16.1 Å². The Morgan fingerprint density at radius 2 is 2.10 bits per heavy atom. The summed E-state index contributed by atoms with van der Waals surface area (Å²) in [5.74, 6) is 0.0196. The van der Waals surface area contributed by atoms with E-state index in [-0.39, 0.29) is 11.6 Å². The van der Waals surface area contributed by atoms with E-state index in [0.717, 1.165) is 5.69 Å². The molecule has 2 rings (SSSR count). The highest BCUT2D eigenvalue weighted by atomic mass is 16.1. The molecule has 0 saturated carbocycles. The van der Waals surface area contributed by atoms with Crippen molar-refractivity contribution in [1.82, 2.24) is 15.3 Å². The third-order valence-corrected chi connectivity index (χ3v) is 2.57. The molecular formula is C15H13N5O. The summed E-state index contributed by atoms with van der Waals surface area (Å²) in [6.45, 7) is 3.91. The smallest absolute Gasteiger partial charge is 0.270 e. The van der Waals surface area contributed by atoms with Gasteiger partial charge in [0.25, 0.3) is 5.91 Å². The maximum Gasteiger partial charge on any atom is 0.270 e. The van der Waals surface area contributed by atoms with Crippen molar-refractivity contribution in [3.8, 4) is 6.07 Å². The van der Waals surface area contributed by atoms with Crippen molar-refractivity contribution in [2.24, 2.45) is 0 Å². The van der Waals surface area contributed by atoms with Gasteiger partial charge in [-0.2, -0.15) is 5.26 Å². The predicted molar refractivity (Wildman–Crippen MR) is 79.0 cm³/mol. The topological polar surface area (TPSA) is 90.7 Å². The fraction of sp³-hybridized carbons (Fsp3) is 0.0667. The number of nitriles is 1. The monoisotopic (exact) mass is 279 g/mol. The average molecular weight is 279 g/mol. The van der Waals surface area contributed by atoms with E-state index in [0.29, 0.717) is 18.1 Å². The SMILES string of the molecule is C=CCNC(=O)c1ccnc(Nc2ccc(C#N)cc2)n1. The summed E-state index contributed by atoms with van der Waals surface area (Å²) in [5, 5.41) is 14.4. The molecule has 21 heavy (non-hydrogen) atoms. The van der Waals surface area contributed by atoms with Crippen molar-refractivity contribution in [3.63, 3.8) is 0 Å². The molecule has 0 aliphatic carbocycles. The molecule has 0 saturated heterocycles. The highest BCUT2D eigenvalue weighted by Gasteiger charge is 2.07. The van der Waals surface area contributed by atoms with Crippen LogP contribution in [0.4, 0.5) is 11.6 Å². The van der Waals surface area contributed by atoms with Crippen molar-refractivity contribution >= 4 is 17.5 Å². The molecule has 0 unspecified atom stereocenters. The summed E-state index contributed by atoms with van der Waals surface area (Å²) < 4.78 is 0. The largest absolute Gasteiger partial charge is 0.347 e. The summed E-state index contributed by atoms with van der Waals surface area (Å²) >= 11 is 0. The Balaban J connectivity index is 2.11. The number of benzene rings is 1. The number of rotatable bonds is 5. The summed E-state index contributed by atoms with van der Waals surface area (Å²) in [7, 11) is 0. The minimum Gasteiger partial charge on any atom is -0.347 e. The zero-order chi connectivity index (χ0) is 15.1. The first-order valence-electron chi connectivity index (χ1n) is 6.22. The van der Waals surface area contributed by atoms with E-state index in [1.807, 2.05) is 6.07 Å². The molecule has 1 heterocycles. The number of anilines is 2. The van der Waals surface area contributed by atoms with Gasteiger partial charge in [-0.3, -0.25) is 4.79 Å². The first-order chi connectivity index (χ1) is 10.2. The predicted octanol–water partition coefficient (Wildman–Crippen LogP) is 2.01. The second kappa shape index (κ2) is 6.82. The van der Waals surface area contributed by atoms with Gasteiger partial charge >= 0.3 is 0 Å². The number of hydrogen-bond donors (Lipinski definition) is 2. The van der Waals surface area contributed by atoms with Gasteiger partial charge in [0.05, 0.1) is 11.6 Å². The van der Waals surface area contributed by atoms with Crippen LogP contribution in [0.5, 0.6) is 0 Å². The maximum absolute atomic E-state index is 11.8. The number of carbonyl (C=O) groups is 1. The average Bonchev–Trinajstić information content (AvgIpc) is 2.53. The molecule has 1 aromatic heterocycles. The first kappa shape index (κ1) is 14.2. The maximum atomic E-state index is 11.8. The minimum absolute atomic E-state index is 0.267. The van der Waals surface area contributed by atoms with E-state index in [9.17, 15) is 4.79 Å². The Hall–Kier alpha value is -3.20. The number of aromatic nitrogens is 2. The lowest BCUT2D eigenvalue weighted by molar-refractivity contribution is 0.0953. The van der Waals surface area contributed by atoms with Gasteiger partial charge in [0.2, 0.25) is 5.95 Å². The minimum atomic E-state index is -0.292. The van der Waals surface area contributed by atoms with Crippen LogP contribution in [0.2, 0.25) is 0 Å². The molecule has 0 fully saturated rings. The Bertz CT molecular complexity index is 688.